The van der Waals surface area contributed by atoms with Gasteiger partial charge in [0.25, 0.3) is 0 Å². The fourth-order valence-electron chi connectivity index (χ4n) is 3.38. The molecule has 0 aromatic carbocycles. The van der Waals surface area contributed by atoms with E-state index in [1.165, 1.54) is 25.7 Å². The van der Waals surface area contributed by atoms with E-state index >= 15 is 0 Å². The lowest BCUT2D eigenvalue weighted by molar-refractivity contribution is -0.122. The minimum Gasteiger partial charge on any atom is -0.356 e. The number of hydrogen-bond donors (Lipinski definition) is 1. The Morgan fingerprint density at radius 2 is 2.12 bits per heavy atom. The summed E-state index contributed by atoms with van der Waals surface area (Å²) in [5, 5.41) is 4.08. The zero-order valence-electron chi connectivity index (χ0n) is 9.88. The zero-order chi connectivity index (χ0) is 11.4. The van der Waals surface area contributed by atoms with Gasteiger partial charge in [-0.15, -0.1) is 0 Å². The van der Waals surface area contributed by atoms with Crippen LogP contribution in [0.2, 0.25) is 0 Å². The number of carbonyl (C=O) groups excluding carboxylic acids is 1. The molecule has 92 valence electrons. The number of hydrogen-bond acceptors (Lipinski definition) is 1. The van der Waals surface area contributed by atoms with E-state index in [9.17, 15) is 4.79 Å². The summed E-state index contributed by atoms with van der Waals surface area (Å²) < 4.78 is 0. The molecule has 3 unspecified atom stereocenters. The van der Waals surface area contributed by atoms with Crippen molar-refractivity contribution in [3.05, 3.63) is 0 Å². The summed E-state index contributed by atoms with van der Waals surface area (Å²) in [6.07, 6.45) is 8.55. The molecular formula is C13H22BrNO. The van der Waals surface area contributed by atoms with Crippen LogP contribution >= 0.6 is 15.9 Å². The average Bonchev–Trinajstić information content (AvgIpc) is 2.86. The number of alkyl halides is 1. The Morgan fingerprint density at radius 3 is 2.75 bits per heavy atom. The second-order valence-electron chi connectivity index (χ2n) is 5.39. The molecule has 0 spiro atoms. The van der Waals surface area contributed by atoms with Crippen LogP contribution in [0.3, 0.4) is 0 Å². The highest BCUT2D eigenvalue weighted by atomic mass is 79.9. The Labute approximate surface area is 107 Å². The summed E-state index contributed by atoms with van der Waals surface area (Å²) in [5.74, 6) is 2.82. The molecule has 0 aliphatic heterocycles. The Morgan fingerprint density at radius 1 is 1.25 bits per heavy atom. The highest BCUT2D eigenvalue weighted by Crippen LogP contribution is 2.49. The summed E-state index contributed by atoms with van der Waals surface area (Å²) in [6, 6.07) is 0. The van der Waals surface area contributed by atoms with Crippen molar-refractivity contribution in [1.82, 2.24) is 5.32 Å². The number of amides is 1. The second kappa shape index (κ2) is 6.04. The topological polar surface area (TPSA) is 29.1 Å². The fourth-order valence-corrected chi connectivity index (χ4v) is 3.78. The van der Waals surface area contributed by atoms with Gasteiger partial charge in [0.1, 0.15) is 0 Å². The molecule has 3 atom stereocenters. The number of nitrogens with one attached hydrogen (secondary N) is 1. The van der Waals surface area contributed by atoms with Crippen LogP contribution in [0, 0.1) is 17.8 Å². The third kappa shape index (κ3) is 3.22. The minimum absolute atomic E-state index is 0.284. The molecule has 3 heteroatoms. The van der Waals surface area contributed by atoms with Gasteiger partial charge in [-0.25, -0.2) is 0 Å². The van der Waals surface area contributed by atoms with Gasteiger partial charge >= 0.3 is 0 Å². The maximum atomic E-state index is 11.7. The van der Waals surface area contributed by atoms with Crippen molar-refractivity contribution < 1.29 is 4.79 Å². The number of rotatable bonds is 6. The molecule has 16 heavy (non-hydrogen) atoms. The molecule has 0 aromatic heterocycles. The van der Waals surface area contributed by atoms with Crippen molar-refractivity contribution in [2.45, 2.75) is 44.9 Å². The van der Waals surface area contributed by atoms with Crippen LogP contribution in [0.1, 0.15) is 44.9 Å². The third-order valence-corrected chi connectivity index (χ3v) is 4.78. The molecular weight excluding hydrogens is 266 g/mol. The Bertz CT molecular complexity index is 244. The smallest absolute Gasteiger partial charge is 0.220 e. The van der Waals surface area contributed by atoms with E-state index in [0.717, 1.165) is 43.0 Å². The minimum atomic E-state index is 0.284. The van der Waals surface area contributed by atoms with Gasteiger partial charge in [0.15, 0.2) is 0 Å². The number of unbranched alkanes of at least 4 members (excludes halogenated alkanes) is 1. The van der Waals surface area contributed by atoms with Crippen molar-refractivity contribution in [1.29, 1.82) is 0 Å². The SMILES string of the molecule is O=C(CC1CC2CCC1C2)NCCCCBr. The van der Waals surface area contributed by atoms with Crippen LogP contribution < -0.4 is 5.32 Å². The first-order valence-corrected chi connectivity index (χ1v) is 7.74. The summed E-state index contributed by atoms with van der Waals surface area (Å²) in [6.45, 7) is 0.852. The van der Waals surface area contributed by atoms with Gasteiger partial charge in [-0.05, 0) is 49.9 Å². The molecule has 2 aliphatic rings. The van der Waals surface area contributed by atoms with Gasteiger partial charge in [0.2, 0.25) is 5.91 Å². The van der Waals surface area contributed by atoms with Gasteiger partial charge in [-0.1, -0.05) is 22.4 Å². The molecule has 0 aromatic rings. The second-order valence-corrected chi connectivity index (χ2v) is 6.18. The van der Waals surface area contributed by atoms with E-state index < -0.39 is 0 Å². The molecule has 1 N–H and O–H groups in total. The Hall–Kier alpha value is -0.0500. The van der Waals surface area contributed by atoms with Crippen LogP contribution in [0.25, 0.3) is 0 Å². The zero-order valence-corrected chi connectivity index (χ0v) is 11.5. The summed E-state index contributed by atoms with van der Waals surface area (Å²) >= 11 is 3.40. The molecule has 0 radical (unpaired) electrons. The quantitative estimate of drug-likeness (QED) is 0.590. The van der Waals surface area contributed by atoms with Crippen LogP contribution in [0.5, 0.6) is 0 Å². The van der Waals surface area contributed by atoms with Gasteiger partial charge in [0, 0.05) is 18.3 Å². The number of carbonyl (C=O) groups is 1. The molecule has 1 amide bonds. The van der Waals surface area contributed by atoms with Gasteiger partial charge in [-0.3, -0.25) is 4.79 Å². The van der Waals surface area contributed by atoms with Gasteiger partial charge in [0.05, 0.1) is 0 Å². The normalized spacial score (nSPS) is 31.9. The standard InChI is InChI=1S/C13H22BrNO/c14-5-1-2-6-15-13(16)9-12-8-10-3-4-11(12)7-10/h10-12H,1-9H2,(H,15,16). The van der Waals surface area contributed by atoms with E-state index in [1.807, 2.05) is 0 Å². The van der Waals surface area contributed by atoms with Crippen molar-refractivity contribution in [3.8, 4) is 0 Å². The highest BCUT2D eigenvalue weighted by molar-refractivity contribution is 9.09. The first-order chi connectivity index (χ1) is 7.79. The van der Waals surface area contributed by atoms with Crippen molar-refractivity contribution in [2.24, 2.45) is 17.8 Å². The lowest BCUT2D eigenvalue weighted by Crippen LogP contribution is -2.28. The summed E-state index contributed by atoms with van der Waals surface area (Å²) in [5.41, 5.74) is 0. The molecule has 0 saturated heterocycles. The molecule has 2 rings (SSSR count). The van der Waals surface area contributed by atoms with Crippen molar-refractivity contribution in [2.75, 3.05) is 11.9 Å². The molecule has 2 saturated carbocycles. The van der Waals surface area contributed by atoms with Gasteiger partial charge in [-0.2, -0.15) is 0 Å². The Balaban J connectivity index is 1.60. The highest BCUT2D eigenvalue weighted by Gasteiger charge is 2.39. The predicted octanol–water partition coefficient (Wildman–Crippen LogP) is 3.10. The van der Waals surface area contributed by atoms with E-state index in [1.54, 1.807) is 0 Å². The molecule has 2 nitrogen and oxygen atoms in total. The largest absolute Gasteiger partial charge is 0.356 e. The maximum absolute atomic E-state index is 11.7. The number of halogens is 1. The van der Waals surface area contributed by atoms with Crippen LogP contribution in [0.4, 0.5) is 0 Å². The van der Waals surface area contributed by atoms with Crippen molar-refractivity contribution >= 4 is 21.8 Å². The molecule has 2 fully saturated rings. The average molecular weight is 288 g/mol. The summed E-state index contributed by atoms with van der Waals surface area (Å²) in [7, 11) is 0. The predicted molar refractivity (Wildman–Crippen MR) is 69.6 cm³/mol. The van der Waals surface area contributed by atoms with E-state index in [0.29, 0.717) is 5.92 Å². The fraction of sp³-hybridized carbons (Fsp3) is 0.923. The maximum Gasteiger partial charge on any atom is 0.220 e. The molecule has 0 heterocycles. The van der Waals surface area contributed by atoms with Crippen LogP contribution in [0.15, 0.2) is 0 Å². The summed E-state index contributed by atoms with van der Waals surface area (Å²) in [4.78, 5) is 11.7. The van der Waals surface area contributed by atoms with E-state index in [2.05, 4.69) is 21.2 Å². The first-order valence-electron chi connectivity index (χ1n) is 6.62. The lowest BCUT2D eigenvalue weighted by Gasteiger charge is -2.20. The molecule has 2 bridgehead atoms. The Kier molecular flexibility index (Phi) is 4.68. The van der Waals surface area contributed by atoms with E-state index in [4.69, 9.17) is 0 Å². The molecule has 2 aliphatic carbocycles. The number of fused-ring (bicyclic) bond motifs is 2. The van der Waals surface area contributed by atoms with Crippen LogP contribution in [-0.4, -0.2) is 17.8 Å². The third-order valence-electron chi connectivity index (χ3n) is 4.21. The monoisotopic (exact) mass is 287 g/mol. The van der Waals surface area contributed by atoms with Crippen LogP contribution in [-0.2, 0) is 4.79 Å². The lowest BCUT2D eigenvalue weighted by atomic mass is 9.86. The van der Waals surface area contributed by atoms with Gasteiger partial charge < -0.3 is 5.32 Å². The first kappa shape index (κ1) is 12.4. The van der Waals surface area contributed by atoms with Crippen molar-refractivity contribution in [3.63, 3.8) is 0 Å². The van der Waals surface area contributed by atoms with E-state index in [-0.39, 0.29) is 5.91 Å².